The summed E-state index contributed by atoms with van der Waals surface area (Å²) >= 11 is 0. The van der Waals surface area contributed by atoms with Gasteiger partial charge in [0.2, 0.25) is 0 Å². The molecule has 0 aliphatic rings. The van der Waals surface area contributed by atoms with Gasteiger partial charge in [-0.15, -0.1) is 0 Å². The Morgan fingerprint density at radius 3 is 1.94 bits per heavy atom. The topological polar surface area (TPSA) is 21.3 Å². The molecule has 0 heterocycles. The summed E-state index contributed by atoms with van der Waals surface area (Å²) in [6, 6.07) is 0.611. The van der Waals surface area contributed by atoms with Crippen LogP contribution in [0.5, 0.6) is 0 Å². The highest BCUT2D eigenvalue weighted by molar-refractivity contribution is 4.84. The van der Waals surface area contributed by atoms with Gasteiger partial charge in [-0.1, -0.05) is 41.5 Å². The minimum Gasteiger partial charge on any atom is -0.385 e. The van der Waals surface area contributed by atoms with Crippen molar-refractivity contribution in [3.8, 4) is 0 Å². The fraction of sp³-hybridized carbons (Fsp3) is 1.00. The first-order valence-electron chi connectivity index (χ1n) is 7.67. The predicted molar refractivity (Wildman–Crippen MR) is 80.9 cm³/mol. The van der Waals surface area contributed by atoms with Crippen molar-refractivity contribution in [2.24, 2.45) is 23.7 Å². The van der Waals surface area contributed by atoms with Crippen molar-refractivity contribution in [1.82, 2.24) is 5.32 Å². The Bertz CT molecular complexity index is 184. The zero-order valence-electron chi connectivity index (χ0n) is 13.6. The maximum atomic E-state index is 5.24. The van der Waals surface area contributed by atoms with Crippen molar-refractivity contribution in [3.05, 3.63) is 0 Å². The maximum absolute atomic E-state index is 5.24. The number of ether oxygens (including phenoxy) is 1. The van der Waals surface area contributed by atoms with Crippen molar-refractivity contribution >= 4 is 0 Å². The minimum atomic E-state index is 0.611. The zero-order chi connectivity index (χ0) is 14.1. The Hall–Kier alpha value is -0.0800. The number of hydrogen-bond donors (Lipinski definition) is 1. The van der Waals surface area contributed by atoms with Crippen molar-refractivity contribution in [1.29, 1.82) is 0 Å². The van der Waals surface area contributed by atoms with E-state index in [4.69, 9.17) is 4.74 Å². The van der Waals surface area contributed by atoms with Gasteiger partial charge in [0.25, 0.3) is 0 Å². The average molecular weight is 257 g/mol. The molecule has 0 rings (SSSR count). The van der Waals surface area contributed by atoms with E-state index in [1.54, 1.807) is 7.11 Å². The summed E-state index contributed by atoms with van der Waals surface area (Å²) in [7, 11) is 1.80. The van der Waals surface area contributed by atoms with Crippen LogP contribution in [0.15, 0.2) is 0 Å². The minimum absolute atomic E-state index is 0.611. The van der Waals surface area contributed by atoms with E-state index in [1.807, 2.05) is 0 Å². The summed E-state index contributed by atoms with van der Waals surface area (Å²) in [6.45, 7) is 16.0. The van der Waals surface area contributed by atoms with Crippen LogP contribution >= 0.6 is 0 Å². The van der Waals surface area contributed by atoms with Gasteiger partial charge in [-0.2, -0.15) is 0 Å². The summed E-state index contributed by atoms with van der Waals surface area (Å²) < 4.78 is 5.24. The van der Waals surface area contributed by atoms with Gasteiger partial charge < -0.3 is 10.1 Å². The Kier molecular flexibility index (Phi) is 9.76. The number of nitrogens with one attached hydrogen (secondary N) is 1. The van der Waals surface area contributed by atoms with Crippen LogP contribution < -0.4 is 5.32 Å². The van der Waals surface area contributed by atoms with Crippen LogP contribution in [0.1, 0.15) is 54.4 Å². The van der Waals surface area contributed by atoms with Gasteiger partial charge in [0, 0.05) is 19.8 Å². The van der Waals surface area contributed by atoms with Gasteiger partial charge in [-0.05, 0) is 43.1 Å². The molecule has 0 aromatic rings. The first-order valence-corrected chi connectivity index (χ1v) is 7.67. The van der Waals surface area contributed by atoms with Crippen LogP contribution in [0.4, 0.5) is 0 Å². The molecule has 0 spiro atoms. The normalized spacial score (nSPS) is 15.7. The van der Waals surface area contributed by atoms with Crippen LogP contribution in [0.2, 0.25) is 0 Å². The molecule has 2 heteroatoms. The molecule has 0 aromatic heterocycles. The van der Waals surface area contributed by atoms with Gasteiger partial charge in [-0.3, -0.25) is 0 Å². The Morgan fingerprint density at radius 1 is 1.00 bits per heavy atom. The fourth-order valence-electron chi connectivity index (χ4n) is 3.11. The molecule has 0 bridgehead atoms. The second kappa shape index (κ2) is 9.80. The monoisotopic (exact) mass is 257 g/mol. The lowest BCUT2D eigenvalue weighted by Gasteiger charge is -2.38. The summed E-state index contributed by atoms with van der Waals surface area (Å²) in [5.74, 6) is 2.86. The van der Waals surface area contributed by atoms with Crippen LogP contribution in [0.25, 0.3) is 0 Å². The molecule has 0 aromatic carbocycles. The largest absolute Gasteiger partial charge is 0.385 e. The standard InChI is InChI=1S/C16H35NO/c1-8-10-17-16(14(6)9-11-18-7)15(12(2)3)13(4)5/h12-17H,8-11H2,1-7H3. The maximum Gasteiger partial charge on any atom is 0.0465 e. The third-order valence-corrected chi connectivity index (χ3v) is 3.97. The van der Waals surface area contributed by atoms with E-state index in [9.17, 15) is 0 Å². The lowest BCUT2D eigenvalue weighted by atomic mass is 9.74. The number of methoxy groups -OCH3 is 1. The van der Waals surface area contributed by atoms with Crippen LogP contribution in [-0.2, 0) is 4.74 Å². The second-order valence-corrected chi connectivity index (χ2v) is 6.30. The van der Waals surface area contributed by atoms with Crippen molar-refractivity contribution < 1.29 is 4.74 Å². The highest BCUT2D eigenvalue weighted by atomic mass is 16.5. The quantitative estimate of drug-likeness (QED) is 0.640. The van der Waals surface area contributed by atoms with Crippen molar-refractivity contribution in [2.45, 2.75) is 60.4 Å². The molecule has 2 atom stereocenters. The molecule has 1 N–H and O–H groups in total. The molecule has 0 saturated carbocycles. The molecule has 2 unspecified atom stereocenters. The second-order valence-electron chi connectivity index (χ2n) is 6.30. The van der Waals surface area contributed by atoms with Crippen molar-refractivity contribution in [2.75, 3.05) is 20.3 Å². The van der Waals surface area contributed by atoms with E-state index in [-0.39, 0.29) is 0 Å². The Balaban J connectivity index is 4.70. The molecule has 0 amide bonds. The van der Waals surface area contributed by atoms with E-state index in [1.165, 1.54) is 6.42 Å². The first-order chi connectivity index (χ1) is 8.45. The van der Waals surface area contributed by atoms with E-state index in [0.29, 0.717) is 12.0 Å². The highest BCUT2D eigenvalue weighted by Gasteiger charge is 2.30. The lowest BCUT2D eigenvalue weighted by molar-refractivity contribution is 0.126. The molecule has 0 fully saturated rings. The van der Waals surface area contributed by atoms with Gasteiger partial charge in [0.05, 0.1) is 0 Å². The molecule has 2 nitrogen and oxygen atoms in total. The molecule has 0 saturated heterocycles. The zero-order valence-corrected chi connectivity index (χ0v) is 13.6. The van der Waals surface area contributed by atoms with Gasteiger partial charge in [0.1, 0.15) is 0 Å². The molecular weight excluding hydrogens is 222 g/mol. The first kappa shape index (κ1) is 17.9. The van der Waals surface area contributed by atoms with E-state index >= 15 is 0 Å². The smallest absolute Gasteiger partial charge is 0.0465 e. The fourth-order valence-corrected chi connectivity index (χ4v) is 3.11. The molecule has 18 heavy (non-hydrogen) atoms. The third-order valence-electron chi connectivity index (χ3n) is 3.97. The van der Waals surface area contributed by atoms with Gasteiger partial charge in [0.15, 0.2) is 0 Å². The van der Waals surface area contributed by atoms with E-state index in [2.05, 4.69) is 46.9 Å². The van der Waals surface area contributed by atoms with E-state index in [0.717, 1.165) is 37.3 Å². The summed E-state index contributed by atoms with van der Waals surface area (Å²) in [5, 5.41) is 3.79. The molecule has 110 valence electrons. The lowest BCUT2D eigenvalue weighted by Crippen LogP contribution is -2.46. The molecule has 0 aliphatic heterocycles. The predicted octanol–water partition coefficient (Wildman–Crippen LogP) is 3.96. The van der Waals surface area contributed by atoms with Crippen LogP contribution in [-0.4, -0.2) is 26.3 Å². The summed E-state index contributed by atoms with van der Waals surface area (Å²) in [6.07, 6.45) is 2.35. The SMILES string of the molecule is CCCNC(C(C)CCOC)C(C(C)C)C(C)C. The van der Waals surface area contributed by atoms with Gasteiger partial charge >= 0.3 is 0 Å². The summed E-state index contributed by atoms with van der Waals surface area (Å²) in [4.78, 5) is 0. The highest BCUT2D eigenvalue weighted by Crippen LogP contribution is 2.29. The van der Waals surface area contributed by atoms with Crippen LogP contribution in [0, 0.1) is 23.7 Å². The average Bonchev–Trinajstić information content (AvgIpc) is 2.30. The van der Waals surface area contributed by atoms with Crippen molar-refractivity contribution in [3.63, 3.8) is 0 Å². The third kappa shape index (κ3) is 6.19. The van der Waals surface area contributed by atoms with E-state index < -0.39 is 0 Å². The number of rotatable bonds is 10. The number of hydrogen-bond acceptors (Lipinski definition) is 2. The van der Waals surface area contributed by atoms with Crippen LogP contribution in [0.3, 0.4) is 0 Å². The van der Waals surface area contributed by atoms with Gasteiger partial charge in [-0.25, -0.2) is 0 Å². The summed E-state index contributed by atoms with van der Waals surface area (Å²) in [5.41, 5.74) is 0. The Morgan fingerprint density at radius 2 is 1.56 bits per heavy atom. The molecule has 0 aliphatic carbocycles. The molecule has 0 radical (unpaired) electrons. The Labute approximate surface area is 115 Å². The molecular formula is C16H35NO.